The Kier molecular flexibility index (Phi) is 4.24. The standard InChI is InChI=1S/C17H19N3O4S/c1-9-18-12-7-11(4-5-13(12)25-9)20-8-10(6-14(20)21)15(22)19-17(2,3)16(23)24/h4-5,7,10H,6,8H2,1-3H3,(H,19,22)(H,23,24). The Morgan fingerprint density at radius 3 is 2.80 bits per heavy atom. The number of nitrogens with zero attached hydrogens (tertiary/aromatic N) is 2. The molecular formula is C17H19N3O4S. The molecule has 1 aliphatic heterocycles. The molecule has 0 aliphatic carbocycles. The summed E-state index contributed by atoms with van der Waals surface area (Å²) in [5, 5.41) is 12.6. The SMILES string of the molecule is Cc1nc2cc(N3CC(C(=O)NC(C)(C)C(=O)O)CC3=O)ccc2s1. The Labute approximate surface area is 148 Å². The van der Waals surface area contributed by atoms with E-state index in [1.54, 1.807) is 16.2 Å². The van der Waals surface area contributed by atoms with Gasteiger partial charge in [0.15, 0.2) is 0 Å². The van der Waals surface area contributed by atoms with Gasteiger partial charge in [0.2, 0.25) is 11.8 Å². The third-order valence-corrected chi connectivity index (χ3v) is 5.21. The average Bonchev–Trinajstić information content (AvgIpc) is 3.07. The summed E-state index contributed by atoms with van der Waals surface area (Å²) in [6, 6.07) is 5.61. The highest BCUT2D eigenvalue weighted by Gasteiger charge is 2.38. The fraction of sp³-hybridized carbons (Fsp3) is 0.412. The average molecular weight is 361 g/mol. The van der Waals surface area contributed by atoms with Gasteiger partial charge in [0.25, 0.3) is 0 Å². The maximum atomic E-state index is 12.3. The van der Waals surface area contributed by atoms with Crippen molar-refractivity contribution in [3.05, 3.63) is 23.2 Å². The number of carboxylic acids is 1. The molecule has 1 unspecified atom stereocenters. The fourth-order valence-electron chi connectivity index (χ4n) is 2.80. The number of rotatable bonds is 4. The molecule has 0 saturated carbocycles. The molecule has 1 saturated heterocycles. The van der Waals surface area contributed by atoms with Crippen molar-refractivity contribution in [1.82, 2.24) is 10.3 Å². The summed E-state index contributed by atoms with van der Waals surface area (Å²) >= 11 is 1.58. The summed E-state index contributed by atoms with van der Waals surface area (Å²) in [5.74, 6) is -2.27. The molecule has 0 spiro atoms. The number of amides is 2. The summed E-state index contributed by atoms with van der Waals surface area (Å²) in [6.07, 6.45) is 0.0651. The second kappa shape index (κ2) is 6.11. The van der Waals surface area contributed by atoms with Gasteiger partial charge in [0.1, 0.15) is 5.54 Å². The van der Waals surface area contributed by atoms with Crippen LogP contribution in [0.5, 0.6) is 0 Å². The van der Waals surface area contributed by atoms with Crippen molar-refractivity contribution < 1.29 is 19.5 Å². The molecule has 2 amide bonds. The Morgan fingerprint density at radius 2 is 2.12 bits per heavy atom. The van der Waals surface area contributed by atoms with E-state index >= 15 is 0 Å². The zero-order valence-electron chi connectivity index (χ0n) is 14.2. The van der Waals surface area contributed by atoms with Crippen molar-refractivity contribution in [2.24, 2.45) is 5.92 Å². The predicted molar refractivity (Wildman–Crippen MR) is 94.7 cm³/mol. The first-order valence-electron chi connectivity index (χ1n) is 7.90. The summed E-state index contributed by atoms with van der Waals surface area (Å²) in [4.78, 5) is 41.8. The van der Waals surface area contributed by atoms with Gasteiger partial charge in [-0.3, -0.25) is 9.59 Å². The Morgan fingerprint density at radius 1 is 1.40 bits per heavy atom. The van der Waals surface area contributed by atoms with E-state index in [2.05, 4.69) is 10.3 Å². The summed E-state index contributed by atoms with van der Waals surface area (Å²) in [6.45, 7) is 4.99. The van der Waals surface area contributed by atoms with Gasteiger partial charge in [-0.25, -0.2) is 9.78 Å². The van der Waals surface area contributed by atoms with E-state index in [1.165, 1.54) is 13.8 Å². The van der Waals surface area contributed by atoms with Gasteiger partial charge in [0.05, 0.1) is 21.1 Å². The normalized spacial score (nSPS) is 18.0. The van der Waals surface area contributed by atoms with Crippen LogP contribution in [0.2, 0.25) is 0 Å². The van der Waals surface area contributed by atoms with Gasteiger partial charge in [-0.2, -0.15) is 0 Å². The molecule has 132 valence electrons. The number of aliphatic carboxylic acids is 1. The summed E-state index contributed by atoms with van der Waals surface area (Å²) in [7, 11) is 0. The third-order valence-electron chi connectivity index (χ3n) is 4.26. The minimum atomic E-state index is -1.37. The molecule has 25 heavy (non-hydrogen) atoms. The Bertz CT molecular complexity index is 874. The number of aromatic nitrogens is 1. The van der Waals surface area contributed by atoms with Gasteiger partial charge in [0, 0.05) is 18.7 Å². The Hall–Kier alpha value is -2.48. The number of hydrogen-bond donors (Lipinski definition) is 2. The van der Waals surface area contributed by atoms with Gasteiger partial charge in [-0.05, 0) is 39.0 Å². The molecule has 7 nitrogen and oxygen atoms in total. The molecule has 2 aromatic rings. The van der Waals surface area contributed by atoms with E-state index in [0.717, 1.165) is 15.2 Å². The summed E-state index contributed by atoms with van der Waals surface area (Å²) < 4.78 is 1.05. The first-order valence-corrected chi connectivity index (χ1v) is 8.72. The lowest BCUT2D eigenvalue weighted by atomic mass is 10.0. The molecular weight excluding hydrogens is 342 g/mol. The topological polar surface area (TPSA) is 99.6 Å². The van der Waals surface area contributed by atoms with Crippen LogP contribution in [-0.4, -0.2) is 40.0 Å². The van der Waals surface area contributed by atoms with Gasteiger partial charge in [-0.15, -0.1) is 11.3 Å². The summed E-state index contributed by atoms with van der Waals surface area (Å²) in [5.41, 5.74) is 0.160. The van der Waals surface area contributed by atoms with E-state index in [1.807, 2.05) is 25.1 Å². The first-order chi connectivity index (χ1) is 11.7. The number of thiazole rings is 1. The van der Waals surface area contributed by atoms with E-state index in [4.69, 9.17) is 5.11 Å². The van der Waals surface area contributed by atoms with Crippen LogP contribution in [0.1, 0.15) is 25.3 Å². The van der Waals surface area contributed by atoms with Gasteiger partial charge in [-0.1, -0.05) is 0 Å². The van der Waals surface area contributed by atoms with Crippen LogP contribution < -0.4 is 10.2 Å². The molecule has 2 heterocycles. The molecule has 3 rings (SSSR count). The first kappa shape index (κ1) is 17.3. The number of carboxylic acid groups (broad SMARTS) is 1. The van der Waals surface area contributed by atoms with Crippen molar-refractivity contribution in [2.45, 2.75) is 32.7 Å². The molecule has 1 aromatic heterocycles. The number of carbonyl (C=O) groups is 3. The van der Waals surface area contributed by atoms with Crippen molar-refractivity contribution in [3.63, 3.8) is 0 Å². The minimum Gasteiger partial charge on any atom is -0.480 e. The van der Waals surface area contributed by atoms with E-state index in [9.17, 15) is 14.4 Å². The monoisotopic (exact) mass is 361 g/mol. The van der Waals surface area contributed by atoms with Crippen LogP contribution >= 0.6 is 11.3 Å². The van der Waals surface area contributed by atoms with Crippen LogP contribution in [0, 0.1) is 12.8 Å². The third kappa shape index (κ3) is 3.34. The van der Waals surface area contributed by atoms with Crippen molar-refractivity contribution in [3.8, 4) is 0 Å². The number of hydrogen-bond acceptors (Lipinski definition) is 5. The second-order valence-electron chi connectivity index (χ2n) is 6.71. The largest absolute Gasteiger partial charge is 0.480 e. The molecule has 0 radical (unpaired) electrons. The highest BCUT2D eigenvalue weighted by Crippen LogP contribution is 2.30. The lowest BCUT2D eigenvalue weighted by Crippen LogP contribution is -2.51. The highest BCUT2D eigenvalue weighted by atomic mass is 32.1. The van der Waals surface area contributed by atoms with E-state index in [0.29, 0.717) is 5.69 Å². The molecule has 2 N–H and O–H groups in total. The molecule has 1 aromatic carbocycles. The number of nitrogens with one attached hydrogen (secondary N) is 1. The van der Waals surface area contributed by atoms with Crippen molar-refractivity contribution in [2.75, 3.05) is 11.4 Å². The van der Waals surface area contributed by atoms with Crippen molar-refractivity contribution in [1.29, 1.82) is 0 Å². The zero-order valence-corrected chi connectivity index (χ0v) is 15.0. The highest BCUT2D eigenvalue weighted by molar-refractivity contribution is 7.18. The maximum absolute atomic E-state index is 12.3. The molecule has 1 atom stereocenters. The van der Waals surface area contributed by atoms with Crippen LogP contribution in [0.4, 0.5) is 5.69 Å². The van der Waals surface area contributed by atoms with Crippen LogP contribution in [0.3, 0.4) is 0 Å². The number of aryl methyl sites for hydroxylation is 1. The second-order valence-corrected chi connectivity index (χ2v) is 7.94. The van der Waals surface area contributed by atoms with Crippen LogP contribution in [0.25, 0.3) is 10.2 Å². The van der Waals surface area contributed by atoms with Crippen molar-refractivity contribution >= 4 is 45.0 Å². The number of benzene rings is 1. The Balaban J connectivity index is 1.77. The van der Waals surface area contributed by atoms with Crippen LogP contribution in [0.15, 0.2) is 18.2 Å². The van der Waals surface area contributed by atoms with Gasteiger partial charge < -0.3 is 15.3 Å². The molecule has 0 bridgehead atoms. The smallest absolute Gasteiger partial charge is 0.328 e. The van der Waals surface area contributed by atoms with E-state index < -0.39 is 23.3 Å². The quantitative estimate of drug-likeness (QED) is 0.867. The zero-order chi connectivity index (χ0) is 18.4. The van der Waals surface area contributed by atoms with Crippen LogP contribution in [-0.2, 0) is 14.4 Å². The predicted octanol–water partition coefficient (Wildman–Crippen LogP) is 1.94. The lowest BCUT2D eigenvalue weighted by Gasteiger charge is -2.23. The number of anilines is 1. The maximum Gasteiger partial charge on any atom is 0.328 e. The molecule has 8 heteroatoms. The van der Waals surface area contributed by atoms with Gasteiger partial charge >= 0.3 is 5.97 Å². The molecule has 1 fully saturated rings. The molecule has 1 aliphatic rings. The van der Waals surface area contributed by atoms with E-state index in [-0.39, 0.29) is 18.9 Å². The lowest BCUT2D eigenvalue weighted by molar-refractivity contribution is -0.146. The number of fused-ring (bicyclic) bond motifs is 1. The minimum absolute atomic E-state index is 0.0651. The fourth-order valence-corrected chi connectivity index (χ4v) is 3.60. The number of carbonyl (C=O) groups excluding carboxylic acids is 2.